The second kappa shape index (κ2) is 5.70. The Morgan fingerprint density at radius 2 is 1.94 bits per heavy atom. The first-order valence-corrected chi connectivity index (χ1v) is 6.34. The van der Waals surface area contributed by atoms with E-state index in [1.165, 1.54) is 5.56 Å². The van der Waals surface area contributed by atoms with Gasteiger partial charge in [-0.25, -0.2) is 0 Å². The third-order valence-electron chi connectivity index (χ3n) is 2.69. The summed E-state index contributed by atoms with van der Waals surface area (Å²) < 4.78 is 6.25. The standard InChI is InChI=1S/C15H12BrNO/c1-18-15-12(7-11-5-3-2-4-6-11)8-14(16)9-13(15)10-17/h2-6,8-9H,7H2,1H3. The van der Waals surface area contributed by atoms with Gasteiger partial charge in [-0.05, 0) is 17.7 Å². The predicted octanol–water partition coefficient (Wildman–Crippen LogP) is 3.92. The normalized spacial score (nSPS) is 9.83. The third-order valence-corrected chi connectivity index (χ3v) is 3.15. The molecule has 0 amide bonds. The lowest BCUT2D eigenvalue weighted by atomic mass is 10.0. The largest absolute Gasteiger partial charge is 0.495 e. The zero-order valence-corrected chi connectivity index (χ0v) is 11.6. The number of nitrogens with zero attached hydrogens (tertiary/aromatic N) is 1. The van der Waals surface area contributed by atoms with Crippen LogP contribution in [0.5, 0.6) is 5.75 Å². The molecule has 0 heterocycles. The van der Waals surface area contributed by atoms with E-state index in [0.717, 1.165) is 16.5 Å². The molecule has 18 heavy (non-hydrogen) atoms. The van der Waals surface area contributed by atoms with Gasteiger partial charge < -0.3 is 4.74 Å². The molecule has 0 unspecified atom stereocenters. The fourth-order valence-corrected chi connectivity index (χ4v) is 2.43. The van der Waals surface area contributed by atoms with Crippen LogP contribution in [0.25, 0.3) is 0 Å². The Kier molecular flexibility index (Phi) is 4.01. The number of hydrogen-bond acceptors (Lipinski definition) is 2. The lowest BCUT2D eigenvalue weighted by Gasteiger charge is -2.11. The average molecular weight is 302 g/mol. The van der Waals surface area contributed by atoms with Gasteiger partial charge in [0.2, 0.25) is 0 Å². The molecule has 0 spiro atoms. The van der Waals surface area contributed by atoms with Crippen molar-refractivity contribution >= 4 is 15.9 Å². The van der Waals surface area contributed by atoms with Gasteiger partial charge in [0, 0.05) is 16.5 Å². The van der Waals surface area contributed by atoms with Crippen molar-refractivity contribution in [2.75, 3.05) is 7.11 Å². The summed E-state index contributed by atoms with van der Waals surface area (Å²) in [5.74, 6) is 0.657. The van der Waals surface area contributed by atoms with Gasteiger partial charge in [-0.1, -0.05) is 46.3 Å². The first kappa shape index (κ1) is 12.7. The van der Waals surface area contributed by atoms with Crippen molar-refractivity contribution < 1.29 is 4.74 Å². The summed E-state index contributed by atoms with van der Waals surface area (Å²) in [6, 6.07) is 16.0. The van der Waals surface area contributed by atoms with E-state index in [0.29, 0.717) is 11.3 Å². The number of halogens is 1. The van der Waals surface area contributed by atoms with Crippen LogP contribution < -0.4 is 4.74 Å². The first-order valence-electron chi connectivity index (χ1n) is 5.55. The molecule has 0 bridgehead atoms. The Balaban J connectivity index is 2.44. The molecule has 2 rings (SSSR count). The van der Waals surface area contributed by atoms with Crippen LogP contribution in [0.15, 0.2) is 46.9 Å². The minimum atomic E-state index is 0.554. The maximum Gasteiger partial charge on any atom is 0.140 e. The molecule has 3 heteroatoms. The Morgan fingerprint density at radius 1 is 1.22 bits per heavy atom. The Labute approximate surface area is 115 Å². The van der Waals surface area contributed by atoms with Crippen LogP contribution >= 0.6 is 15.9 Å². The van der Waals surface area contributed by atoms with Gasteiger partial charge in [-0.2, -0.15) is 5.26 Å². The molecule has 2 nitrogen and oxygen atoms in total. The molecule has 0 fully saturated rings. The van der Waals surface area contributed by atoms with Crippen molar-refractivity contribution in [2.24, 2.45) is 0 Å². The zero-order chi connectivity index (χ0) is 13.0. The number of ether oxygens (including phenoxy) is 1. The van der Waals surface area contributed by atoms with Crippen molar-refractivity contribution in [3.63, 3.8) is 0 Å². The number of benzene rings is 2. The van der Waals surface area contributed by atoms with Gasteiger partial charge in [0.15, 0.2) is 0 Å². The Bertz CT molecular complexity index is 587. The van der Waals surface area contributed by atoms with E-state index in [4.69, 9.17) is 10.00 Å². The molecular formula is C15H12BrNO. The molecule has 2 aromatic carbocycles. The van der Waals surface area contributed by atoms with Gasteiger partial charge in [-0.3, -0.25) is 0 Å². The van der Waals surface area contributed by atoms with Gasteiger partial charge in [0.05, 0.1) is 12.7 Å². The van der Waals surface area contributed by atoms with Crippen LogP contribution in [0.2, 0.25) is 0 Å². The Morgan fingerprint density at radius 3 is 2.56 bits per heavy atom. The summed E-state index contributed by atoms with van der Waals surface area (Å²) in [6.07, 6.45) is 0.748. The minimum absolute atomic E-state index is 0.554. The topological polar surface area (TPSA) is 33.0 Å². The summed E-state index contributed by atoms with van der Waals surface area (Å²) in [7, 11) is 1.60. The molecule has 2 aromatic rings. The predicted molar refractivity (Wildman–Crippen MR) is 74.7 cm³/mol. The van der Waals surface area contributed by atoms with Crippen LogP contribution in [-0.2, 0) is 6.42 Å². The lowest BCUT2D eigenvalue weighted by molar-refractivity contribution is 0.409. The lowest BCUT2D eigenvalue weighted by Crippen LogP contribution is -1.97. The van der Waals surface area contributed by atoms with E-state index in [-0.39, 0.29) is 0 Å². The van der Waals surface area contributed by atoms with Crippen LogP contribution in [-0.4, -0.2) is 7.11 Å². The second-order valence-electron chi connectivity index (χ2n) is 3.92. The second-order valence-corrected chi connectivity index (χ2v) is 4.84. The van der Waals surface area contributed by atoms with E-state index >= 15 is 0 Å². The summed E-state index contributed by atoms with van der Waals surface area (Å²) in [5, 5.41) is 9.11. The van der Waals surface area contributed by atoms with Gasteiger partial charge >= 0.3 is 0 Å². The molecule has 90 valence electrons. The highest BCUT2D eigenvalue weighted by Gasteiger charge is 2.11. The fraction of sp³-hybridized carbons (Fsp3) is 0.133. The highest BCUT2D eigenvalue weighted by molar-refractivity contribution is 9.10. The van der Waals surface area contributed by atoms with E-state index in [9.17, 15) is 0 Å². The monoisotopic (exact) mass is 301 g/mol. The maximum atomic E-state index is 9.11. The number of hydrogen-bond donors (Lipinski definition) is 0. The fourth-order valence-electron chi connectivity index (χ4n) is 1.92. The van der Waals surface area contributed by atoms with Crippen molar-refractivity contribution in [3.8, 4) is 11.8 Å². The molecular weight excluding hydrogens is 290 g/mol. The van der Waals surface area contributed by atoms with E-state index in [2.05, 4.69) is 34.1 Å². The quantitative estimate of drug-likeness (QED) is 0.861. The average Bonchev–Trinajstić information content (AvgIpc) is 2.39. The number of nitriles is 1. The van der Waals surface area contributed by atoms with Gasteiger partial charge in [-0.15, -0.1) is 0 Å². The minimum Gasteiger partial charge on any atom is -0.495 e. The molecule has 0 N–H and O–H groups in total. The van der Waals surface area contributed by atoms with Crippen LogP contribution in [0.4, 0.5) is 0 Å². The van der Waals surface area contributed by atoms with Crippen LogP contribution in [0.1, 0.15) is 16.7 Å². The Hall–Kier alpha value is -1.79. The molecule has 0 aliphatic rings. The van der Waals surface area contributed by atoms with Crippen LogP contribution in [0, 0.1) is 11.3 Å². The molecule has 0 aliphatic heterocycles. The molecule has 0 saturated heterocycles. The highest BCUT2D eigenvalue weighted by Crippen LogP contribution is 2.29. The molecule has 0 saturated carbocycles. The van der Waals surface area contributed by atoms with Crippen molar-refractivity contribution in [1.82, 2.24) is 0 Å². The summed E-state index contributed by atoms with van der Waals surface area (Å²) >= 11 is 3.42. The first-order chi connectivity index (χ1) is 8.74. The summed E-state index contributed by atoms with van der Waals surface area (Å²) in [4.78, 5) is 0. The van der Waals surface area contributed by atoms with Crippen LogP contribution in [0.3, 0.4) is 0 Å². The summed E-state index contributed by atoms with van der Waals surface area (Å²) in [5.41, 5.74) is 2.75. The maximum absolute atomic E-state index is 9.11. The van der Waals surface area contributed by atoms with Gasteiger partial charge in [0.25, 0.3) is 0 Å². The van der Waals surface area contributed by atoms with Gasteiger partial charge in [0.1, 0.15) is 11.8 Å². The van der Waals surface area contributed by atoms with E-state index < -0.39 is 0 Å². The van der Waals surface area contributed by atoms with E-state index in [1.54, 1.807) is 13.2 Å². The third kappa shape index (κ3) is 2.72. The number of methoxy groups -OCH3 is 1. The zero-order valence-electron chi connectivity index (χ0n) is 9.98. The SMILES string of the molecule is COc1c(C#N)cc(Br)cc1Cc1ccccc1. The van der Waals surface area contributed by atoms with E-state index in [1.807, 2.05) is 24.3 Å². The summed E-state index contributed by atoms with van der Waals surface area (Å²) in [6.45, 7) is 0. The molecule has 0 aromatic heterocycles. The van der Waals surface area contributed by atoms with Crippen molar-refractivity contribution in [3.05, 3.63) is 63.6 Å². The highest BCUT2D eigenvalue weighted by atomic mass is 79.9. The number of rotatable bonds is 3. The molecule has 0 radical (unpaired) electrons. The van der Waals surface area contributed by atoms with Crippen molar-refractivity contribution in [2.45, 2.75) is 6.42 Å². The molecule has 0 atom stereocenters. The smallest absolute Gasteiger partial charge is 0.140 e. The molecule has 0 aliphatic carbocycles. The van der Waals surface area contributed by atoms with Crippen molar-refractivity contribution in [1.29, 1.82) is 5.26 Å².